The van der Waals surface area contributed by atoms with Crippen LogP contribution in [0.1, 0.15) is 58.2 Å². The third-order valence-corrected chi connectivity index (χ3v) is 8.85. The average Bonchev–Trinajstić information content (AvgIpc) is 2.79. The van der Waals surface area contributed by atoms with Gasteiger partial charge in [0.05, 0.1) is 0 Å². The van der Waals surface area contributed by atoms with Gasteiger partial charge in [-0.25, -0.2) is 4.39 Å². The predicted molar refractivity (Wildman–Crippen MR) is 155 cm³/mol. The fourth-order valence-corrected chi connectivity index (χ4v) is 6.84. The molecule has 6 aromatic carbocycles. The van der Waals surface area contributed by atoms with E-state index in [1.807, 2.05) is 0 Å². The number of rotatable bonds is 0. The highest BCUT2D eigenvalue weighted by molar-refractivity contribution is 6.37. The Hall–Kier alpha value is -3.19. The smallest absolute Gasteiger partial charge is 0.132 e. The molecule has 0 bridgehead atoms. The van der Waals surface area contributed by atoms with Crippen molar-refractivity contribution in [2.45, 2.75) is 60.3 Å². The van der Waals surface area contributed by atoms with Gasteiger partial charge in [0.25, 0.3) is 0 Å². The average molecular weight is 473 g/mol. The fraction of sp³-hybridized carbons (Fsp3) is 0.314. The first-order valence-corrected chi connectivity index (χ1v) is 13.2. The van der Waals surface area contributed by atoms with Crippen molar-refractivity contribution >= 4 is 59.9 Å². The van der Waals surface area contributed by atoms with E-state index in [0.717, 1.165) is 28.0 Å². The maximum absolute atomic E-state index is 16.2. The maximum Gasteiger partial charge on any atom is 0.132 e. The maximum atomic E-state index is 16.2. The van der Waals surface area contributed by atoms with E-state index in [0.29, 0.717) is 5.92 Å². The summed E-state index contributed by atoms with van der Waals surface area (Å²) >= 11 is 0. The van der Waals surface area contributed by atoms with Crippen LogP contribution in [-0.2, 0) is 11.8 Å². The Balaban J connectivity index is 1.73. The Bertz CT molecular complexity index is 1870. The number of benzene rings is 6. The minimum Gasteiger partial charge on any atom is -0.206 e. The molecule has 0 nitrogen and oxygen atoms in total. The molecule has 180 valence electrons. The number of hydrogen-bond donors (Lipinski definition) is 0. The molecule has 1 aliphatic carbocycles. The highest BCUT2D eigenvalue weighted by Crippen LogP contribution is 2.47. The lowest BCUT2D eigenvalue weighted by Gasteiger charge is -2.32. The minimum absolute atomic E-state index is 0.00295. The van der Waals surface area contributed by atoms with E-state index < -0.39 is 0 Å². The van der Waals surface area contributed by atoms with Crippen LogP contribution in [0.5, 0.6) is 0 Å². The summed E-state index contributed by atoms with van der Waals surface area (Å²) in [7, 11) is 0. The summed E-state index contributed by atoms with van der Waals surface area (Å²) in [5.41, 5.74) is 4.07. The molecule has 0 spiro atoms. The quantitative estimate of drug-likeness (QED) is 0.153. The van der Waals surface area contributed by atoms with Gasteiger partial charge in [0.1, 0.15) is 5.82 Å². The molecular formula is C35H33F. The Labute approximate surface area is 212 Å². The Morgan fingerprint density at radius 3 is 2.06 bits per heavy atom. The summed E-state index contributed by atoms with van der Waals surface area (Å²) in [5.74, 6) is 0.379. The van der Waals surface area contributed by atoms with Crippen LogP contribution in [0.2, 0.25) is 0 Å². The molecule has 36 heavy (non-hydrogen) atoms. The van der Waals surface area contributed by atoms with Crippen LogP contribution < -0.4 is 5.22 Å². The third-order valence-electron chi connectivity index (χ3n) is 8.85. The molecule has 1 heteroatoms. The number of hydrogen-bond acceptors (Lipinski definition) is 0. The molecule has 0 N–H and O–H groups in total. The highest BCUT2D eigenvalue weighted by Gasteiger charge is 2.28. The Morgan fingerprint density at radius 1 is 0.694 bits per heavy atom. The van der Waals surface area contributed by atoms with Crippen LogP contribution >= 0.6 is 0 Å². The first kappa shape index (κ1) is 22.0. The van der Waals surface area contributed by atoms with Crippen LogP contribution in [0.15, 0.2) is 48.5 Å². The zero-order valence-electron chi connectivity index (χ0n) is 22.4. The Kier molecular flexibility index (Phi) is 4.14. The normalized spacial score (nSPS) is 16.7. The van der Waals surface area contributed by atoms with Crippen molar-refractivity contribution in [3.05, 3.63) is 76.3 Å². The first-order chi connectivity index (χ1) is 16.9. The molecule has 0 amide bonds. The van der Waals surface area contributed by atoms with Gasteiger partial charge >= 0.3 is 0 Å². The molecule has 0 saturated carbocycles. The van der Waals surface area contributed by atoms with Crippen molar-refractivity contribution < 1.29 is 4.39 Å². The van der Waals surface area contributed by atoms with Crippen molar-refractivity contribution in [3.63, 3.8) is 0 Å². The highest BCUT2D eigenvalue weighted by atomic mass is 19.1. The molecule has 1 unspecified atom stereocenters. The van der Waals surface area contributed by atoms with Gasteiger partial charge < -0.3 is 0 Å². The van der Waals surface area contributed by atoms with Crippen molar-refractivity contribution in [1.82, 2.24) is 0 Å². The largest absolute Gasteiger partial charge is 0.206 e. The molecule has 0 saturated heterocycles. The van der Waals surface area contributed by atoms with E-state index in [1.165, 1.54) is 54.2 Å². The second-order valence-corrected chi connectivity index (χ2v) is 13.3. The second-order valence-electron chi connectivity index (χ2n) is 13.3. The van der Waals surface area contributed by atoms with E-state index in [4.69, 9.17) is 0 Å². The van der Waals surface area contributed by atoms with Crippen molar-refractivity contribution in [2.75, 3.05) is 0 Å². The van der Waals surface area contributed by atoms with Crippen molar-refractivity contribution in [3.8, 4) is 0 Å². The summed E-state index contributed by atoms with van der Waals surface area (Å²) in [6.45, 7) is 15.9. The van der Waals surface area contributed by atoms with Gasteiger partial charge in [0.2, 0.25) is 0 Å². The van der Waals surface area contributed by atoms with Gasteiger partial charge in [0.15, 0.2) is 0 Å². The molecular weight excluding hydrogens is 439 g/mol. The monoisotopic (exact) mass is 472 g/mol. The van der Waals surface area contributed by atoms with E-state index in [-0.39, 0.29) is 16.6 Å². The van der Waals surface area contributed by atoms with Crippen LogP contribution in [0.3, 0.4) is 0 Å². The van der Waals surface area contributed by atoms with Gasteiger partial charge in [-0.1, -0.05) is 90.1 Å². The summed E-state index contributed by atoms with van der Waals surface area (Å²) < 4.78 is 16.2. The molecule has 6 aromatic rings. The minimum atomic E-state index is -0.111. The summed E-state index contributed by atoms with van der Waals surface area (Å²) in [6.07, 6.45) is 3.50. The summed E-state index contributed by atoms with van der Waals surface area (Å²) in [6, 6.07) is 17.7. The second kappa shape index (κ2) is 6.76. The van der Waals surface area contributed by atoms with Gasteiger partial charge in [0, 0.05) is 10.8 Å². The van der Waals surface area contributed by atoms with Gasteiger partial charge in [-0.15, -0.1) is 0 Å². The number of aryl methyl sites for hydroxylation is 1. The van der Waals surface area contributed by atoms with Crippen LogP contribution in [0, 0.1) is 24.1 Å². The van der Waals surface area contributed by atoms with Gasteiger partial charge in [-0.2, -0.15) is 0 Å². The standard InChI is InChI=1S/C35H33F/c1-18-12-21-15-24(35(5,6)7)16-22-17-27(36)32-26-11-9-20-14-23(34(2,3)4)13-19-8-10-25(31(26)29(19)20)28(18)33(32)30(21)22/h8-12,14-17,23H,13H2,1-7H3. The molecule has 0 radical (unpaired) electrons. The topological polar surface area (TPSA) is 0 Å². The van der Waals surface area contributed by atoms with Gasteiger partial charge in [-0.05, 0) is 101 Å². The zero-order chi connectivity index (χ0) is 25.3. The summed E-state index contributed by atoms with van der Waals surface area (Å²) in [4.78, 5) is 0. The molecule has 0 aliphatic heterocycles. The van der Waals surface area contributed by atoms with Crippen molar-refractivity contribution in [2.24, 2.45) is 11.3 Å². The number of fused-ring (bicyclic) bond motifs is 2. The van der Waals surface area contributed by atoms with E-state index >= 15 is 4.39 Å². The zero-order valence-corrected chi connectivity index (χ0v) is 22.4. The number of halogens is 1. The summed E-state index contributed by atoms with van der Waals surface area (Å²) in [5, 5.41) is 12.6. The lowest BCUT2D eigenvalue weighted by atomic mass is 9.73. The van der Waals surface area contributed by atoms with Crippen LogP contribution in [0.25, 0.3) is 59.9 Å². The SMILES string of the molecule is Cc1cc2cc(C(C)(C)C)cc3cc(F)c4c5ccc6c7c(ccc(c1c4c23)c75)CC(C(C)(C)C)C=6. The molecule has 0 fully saturated rings. The van der Waals surface area contributed by atoms with Crippen molar-refractivity contribution in [1.29, 1.82) is 0 Å². The molecule has 0 heterocycles. The lowest BCUT2D eigenvalue weighted by Crippen LogP contribution is -2.26. The van der Waals surface area contributed by atoms with Crippen LogP contribution in [-0.4, -0.2) is 0 Å². The van der Waals surface area contributed by atoms with E-state index in [9.17, 15) is 0 Å². The fourth-order valence-electron chi connectivity index (χ4n) is 6.84. The van der Waals surface area contributed by atoms with E-state index in [2.05, 4.69) is 97.0 Å². The molecule has 7 rings (SSSR count). The lowest BCUT2D eigenvalue weighted by molar-refractivity contribution is 0.306. The van der Waals surface area contributed by atoms with Gasteiger partial charge in [-0.3, -0.25) is 0 Å². The third kappa shape index (κ3) is 2.80. The van der Waals surface area contributed by atoms with E-state index in [1.54, 1.807) is 6.07 Å². The first-order valence-electron chi connectivity index (χ1n) is 13.2. The molecule has 0 aromatic heterocycles. The Morgan fingerprint density at radius 2 is 1.36 bits per heavy atom. The molecule has 1 aliphatic rings. The van der Waals surface area contributed by atoms with Crippen LogP contribution in [0.4, 0.5) is 4.39 Å². The molecule has 1 atom stereocenters. The predicted octanol–water partition coefficient (Wildman–Crippen LogP) is 9.35.